The SMILES string of the molecule is CCCC(C)NC(=O)c1cc(C)ccc1[N+](=O)[O-]. The van der Waals surface area contributed by atoms with Gasteiger partial charge in [0.1, 0.15) is 5.56 Å². The summed E-state index contributed by atoms with van der Waals surface area (Å²) >= 11 is 0. The van der Waals surface area contributed by atoms with Crippen LogP contribution in [0.5, 0.6) is 0 Å². The molecule has 0 aliphatic rings. The zero-order valence-corrected chi connectivity index (χ0v) is 10.9. The normalized spacial score (nSPS) is 11.9. The molecule has 18 heavy (non-hydrogen) atoms. The van der Waals surface area contributed by atoms with Gasteiger partial charge in [-0.1, -0.05) is 19.4 Å². The Balaban J connectivity index is 2.97. The lowest BCUT2D eigenvalue weighted by atomic mass is 10.1. The van der Waals surface area contributed by atoms with Crippen molar-refractivity contribution in [2.75, 3.05) is 0 Å². The van der Waals surface area contributed by atoms with E-state index in [4.69, 9.17) is 0 Å². The van der Waals surface area contributed by atoms with Gasteiger partial charge < -0.3 is 5.32 Å². The molecule has 1 N–H and O–H groups in total. The number of carbonyl (C=O) groups is 1. The molecule has 0 aliphatic heterocycles. The Bertz CT molecular complexity index is 458. The molecule has 0 saturated heterocycles. The molecule has 98 valence electrons. The van der Waals surface area contributed by atoms with Crippen molar-refractivity contribution in [3.8, 4) is 0 Å². The lowest BCUT2D eigenvalue weighted by molar-refractivity contribution is -0.385. The van der Waals surface area contributed by atoms with E-state index in [0.717, 1.165) is 18.4 Å². The maximum atomic E-state index is 12.0. The van der Waals surface area contributed by atoms with Gasteiger partial charge in [0, 0.05) is 12.1 Å². The Kier molecular flexibility index (Phi) is 4.83. The lowest BCUT2D eigenvalue weighted by Gasteiger charge is -2.13. The van der Waals surface area contributed by atoms with Crippen LogP contribution in [0.15, 0.2) is 18.2 Å². The summed E-state index contributed by atoms with van der Waals surface area (Å²) in [5, 5.41) is 13.7. The van der Waals surface area contributed by atoms with Crippen molar-refractivity contribution >= 4 is 11.6 Å². The molecule has 0 bridgehead atoms. The summed E-state index contributed by atoms with van der Waals surface area (Å²) < 4.78 is 0. The van der Waals surface area contributed by atoms with Crippen LogP contribution in [0.25, 0.3) is 0 Å². The number of hydrogen-bond donors (Lipinski definition) is 1. The van der Waals surface area contributed by atoms with E-state index in [2.05, 4.69) is 5.32 Å². The number of nitrogens with zero attached hydrogens (tertiary/aromatic N) is 1. The molecule has 5 nitrogen and oxygen atoms in total. The quantitative estimate of drug-likeness (QED) is 0.645. The van der Waals surface area contributed by atoms with E-state index in [1.807, 2.05) is 13.8 Å². The number of nitrogens with one attached hydrogen (secondary N) is 1. The van der Waals surface area contributed by atoms with Crippen molar-refractivity contribution in [1.29, 1.82) is 0 Å². The Morgan fingerprint density at radius 2 is 2.17 bits per heavy atom. The monoisotopic (exact) mass is 250 g/mol. The van der Waals surface area contributed by atoms with Crippen molar-refractivity contribution < 1.29 is 9.72 Å². The van der Waals surface area contributed by atoms with Gasteiger partial charge in [-0.2, -0.15) is 0 Å². The van der Waals surface area contributed by atoms with Gasteiger partial charge >= 0.3 is 0 Å². The number of nitro groups is 1. The zero-order chi connectivity index (χ0) is 13.7. The number of nitro benzene ring substituents is 1. The molecule has 0 radical (unpaired) electrons. The first kappa shape index (κ1) is 14.2. The summed E-state index contributed by atoms with van der Waals surface area (Å²) in [6.45, 7) is 5.72. The third-order valence-electron chi connectivity index (χ3n) is 2.69. The van der Waals surface area contributed by atoms with Crippen LogP contribution in [0.2, 0.25) is 0 Å². The zero-order valence-electron chi connectivity index (χ0n) is 10.9. The molecule has 0 spiro atoms. The van der Waals surface area contributed by atoms with Crippen LogP contribution in [0.4, 0.5) is 5.69 Å². The van der Waals surface area contributed by atoms with Crippen molar-refractivity contribution in [3.05, 3.63) is 39.4 Å². The standard InChI is InChI=1S/C13H18N2O3/c1-4-5-10(3)14-13(16)11-8-9(2)6-7-12(11)15(17)18/h6-8,10H,4-5H2,1-3H3,(H,14,16). The number of amides is 1. The first-order valence-corrected chi connectivity index (χ1v) is 6.01. The fourth-order valence-electron chi connectivity index (χ4n) is 1.80. The molecule has 5 heteroatoms. The minimum atomic E-state index is -0.529. The molecule has 0 saturated carbocycles. The number of benzene rings is 1. The molecule has 0 aliphatic carbocycles. The molecule has 1 amide bonds. The molecule has 0 aromatic heterocycles. The molecular weight excluding hydrogens is 232 g/mol. The molecule has 1 unspecified atom stereocenters. The summed E-state index contributed by atoms with van der Waals surface area (Å²) in [5.41, 5.74) is 0.804. The molecule has 1 rings (SSSR count). The van der Waals surface area contributed by atoms with E-state index in [1.54, 1.807) is 19.1 Å². The van der Waals surface area contributed by atoms with Gasteiger partial charge in [0.05, 0.1) is 4.92 Å². The van der Waals surface area contributed by atoms with Crippen LogP contribution < -0.4 is 5.32 Å². The molecular formula is C13H18N2O3. The van der Waals surface area contributed by atoms with E-state index >= 15 is 0 Å². The second-order valence-corrected chi connectivity index (χ2v) is 4.44. The number of hydrogen-bond acceptors (Lipinski definition) is 3. The van der Waals surface area contributed by atoms with Gasteiger partial charge in [-0.15, -0.1) is 0 Å². The Morgan fingerprint density at radius 1 is 1.50 bits per heavy atom. The van der Waals surface area contributed by atoms with Crippen LogP contribution in [-0.4, -0.2) is 16.9 Å². The average molecular weight is 250 g/mol. The van der Waals surface area contributed by atoms with E-state index < -0.39 is 4.92 Å². The number of carbonyl (C=O) groups excluding carboxylic acids is 1. The lowest BCUT2D eigenvalue weighted by Crippen LogP contribution is -2.32. The largest absolute Gasteiger partial charge is 0.349 e. The highest BCUT2D eigenvalue weighted by molar-refractivity contribution is 5.98. The maximum Gasteiger partial charge on any atom is 0.282 e. The fourth-order valence-corrected chi connectivity index (χ4v) is 1.80. The van der Waals surface area contributed by atoms with Gasteiger partial charge in [-0.05, 0) is 31.9 Å². The Hall–Kier alpha value is -1.91. The van der Waals surface area contributed by atoms with Gasteiger partial charge in [0.15, 0.2) is 0 Å². The van der Waals surface area contributed by atoms with E-state index in [0.29, 0.717) is 0 Å². The van der Waals surface area contributed by atoms with Crippen molar-refractivity contribution in [2.45, 2.75) is 39.7 Å². The van der Waals surface area contributed by atoms with Crippen LogP contribution >= 0.6 is 0 Å². The highest BCUT2D eigenvalue weighted by Crippen LogP contribution is 2.19. The van der Waals surface area contributed by atoms with Crippen molar-refractivity contribution in [1.82, 2.24) is 5.32 Å². The van der Waals surface area contributed by atoms with Crippen LogP contribution in [0, 0.1) is 17.0 Å². The molecule has 0 heterocycles. The summed E-state index contributed by atoms with van der Waals surface area (Å²) in [4.78, 5) is 22.3. The van der Waals surface area contributed by atoms with Gasteiger partial charge in [-0.3, -0.25) is 14.9 Å². The Labute approximate surface area is 106 Å². The number of rotatable bonds is 5. The fraction of sp³-hybridized carbons (Fsp3) is 0.462. The minimum absolute atomic E-state index is 0.0163. The smallest absolute Gasteiger partial charge is 0.282 e. The van der Waals surface area contributed by atoms with Gasteiger partial charge in [0.2, 0.25) is 0 Å². The summed E-state index contributed by atoms with van der Waals surface area (Å²) in [6.07, 6.45) is 1.81. The van der Waals surface area contributed by atoms with E-state index in [1.165, 1.54) is 6.07 Å². The topological polar surface area (TPSA) is 72.2 Å². The van der Waals surface area contributed by atoms with Crippen LogP contribution in [-0.2, 0) is 0 Å². The summed E-state index contributed by atoms with van der Waals surface area (Å²) in [6, 6.07) is 4.56. The molecule has 1 aromatic carbocycles. The highest BCUT2D eigenvalue weighted by atomic mass is 16.6. The second kappa shape index (κ2) is 6.14. The van der Waals surface area contributed by atoms with E-state index in [-0.39, 0.29) is 23.2 Å². The van der Waals surface area contributed by atoms with Crippen LogP contribution in [0.3, 0.4) is 0 Å². The maximum absolute atomic E-state index is 12.0. The van der Waals surface area contributed by atoms with Crippen molar-refractivity contribution in [3.63, 3.8) is 0 Å². The van der Waals surface area contributed by atoms with Gasteiger partial charge in [0.25, 0.3) is 11.6 Å². The molecule has 0 fully saturated rings. The summed E-state index contributed by atoms with van der Waals surface area (Å²) in [7, 11) is 0. The average Bonchev–Trinajstić information content (AvgIpc) is 2.28. The number of aryl methyl sites for hydroxylation is 1. The van der Waals surface area contributed by atoms with Crippen LogP contribution in [0.1, 0.15) is 42.6 Å². The van der Waals surface area contributed by atoms with Crippen molar-refractivity contribution in [2.24, 2.45) is 0 Å². The predicted molar refractivity (Wildman–Crippen MR) is 69.7 cm³/mol. The van der Waals surface area contributed by atoms with E-state index in [9.17, 15) is 14.9 Å². The second-order valence-electron chi connectivity index (χ2n) is 4.44. The Morgan fingerprint density at radius 3 is 2.72 bits per heavy atom. The summed E-state index contributed by atoms with van der Waals surface area (Å²) in [5.74, 6) is -0.383. The molecule has 1 aromatic rings. The first-order valence-electron chi connectivity index (χ1n) is 6.01. The predicted octanol–water partition coefficient (Wildman–Crippen LogP) is 2.82. The first-order chi connectivity index (χ1) is 8.45. The third-order valence-corrected chi connectivity index (χ3v) is 2.69. The molecule has 1 atom stereocenters. The van der Waals surface area contributed by atoms with Gasteiger partial charge in [-0.25, -0.2) is 0 Å². The highest BCUT2D eigenvalue weighted by Gasteiger charge is 2.20. The third kappa shape index (κ3) is 3.55. The minimum Gasteiger partial charge on any atom is -0.349 e.